The molecule has 0 aliphatic heterocycles. The summed E-state index contributed by atoms with van der Waals surface area (Å²) in [6.07, 6.45) is 5.81. The van der Waals surface area contributed by atoms with Crippen LogP contribution in [0, 0.1) is 0 Å². The maximum absolute atomic E-state index is 4.18. The molecule has 0 spiro atoms. The fourth-order valence-corrected chi connectivity index (χ4v) is 1.75. The standard InChI is InChI=1S/C15H27N5/c1-6-8-19(9-7-2)10-11-20-13-14(17-18-20)12-16-15(3,4)5/h6-7,13,16H,1-2,8-12H2,3-5H3. The molecule has 0 aliphatic carbocycles. The molecule has 1 rings (SSSR count). The average molecular weight is 277 g/mol. The van der Waals surface area contributed by atoms with E-state index in [2.05, 4.69) is 54.5 Å². The summed E-state index contributed by atoms with van der Waals surface area (Å²) in [4.78, 5) is 2.26. The van der Waals surface area contributed by atoms with Crippen molar-refractivity contribution in [2.45, 2.75) is 39.4 Å². The lowest BCUT2D eigenvalue weighted by molar-refractivity contribution is 0.311. The van der Waals surface area contributed by atoms with Crippen LogP contribution in [-0.2, 0) is 13.1 Å². The Balaban J connectivity index is 2.42. The largest absolute Gasteiger partial charge is 0.306 e. The quantitative estimate of drug-likeness (QED) is 0.700. The van der Waals surface area contributed by atoms with Gasteiger partial charge >= 0.3 is 0 Å². The highest BCUT2D eigenvalue weighted by atomic mass is 15.4. The summed E-state index contributed by atoms with van der Waals surface area (Å²) < 4.78 is 1.89. The average Bonchev–Trinajstić information content (AvgIpc) is 2.81. The molecule has 1 heterocycles. The zero-order chi connectivity index (χ0) is 15.0. The van der Waals surface area contributed by atoms with E-state index >= 15 is 0 Å². The second-order valence-corrected chi connectivity index (χ2v) is 5.91. The summed E-state index contributed by atoms with van der Waals surface area (Å²) in [5.41, 5.74) is 1.06. The monoisotopic (exact) mass is 277 g/mol. The maximum Gasteiger partial charge on any atom is 0.0965 e. The van der Waals surface area contributed by atoms with E-state index in [1.807, 2.05) is 23.0 Å². The normalized spacial score (nSPS) is 11.8. The van der Waals surface area contributed by atoms with E-state index in [1.165, 1.54) is 0 Å². The van der Waals surface area contributed by atoms with E-state index in [-0.39, 0.29) is 5.54 Å². The Morgan fingerprint density at radius 1 is 1.30 bits per heavy atom. The minimum atomic E-state index is 0.0918. The third kappa shape index (κ3) is 6.63. The van der Waals surface area contributed by atoms with E-state index < -0.39 is 0 Å². The summed E-state index contributed by atoms with van der Waals surface area (Å²) in [7, 11) is 0. The van der Waals surface area contributed by atoms with Gasteiger partial charge in [0.05, 0.1) is 12.2 Å². The van der Waals surface area contributed by atoms with Crippen LogP contribution in [0.25, 0.3) is 0 Å². The van der Waals surface area contributed by atoms with Gasteiger partial charge in [0.25, 0.3) is 0 Å². The van der Waals surface area contributed by atoms with Crippen LogP contribution in [0.1, 0.15) is 26.5 Å². The fourth-order valence-electron chi connectivity index (χ4n) is 1.75. The Kier molecular flexibility index (Phi) is 6.61. The number of aromatic nitrogens is 3. The molecular weight excluding hydrogens is 250 g/mol. The third-order valence-corrected chi connectivity index (χ3v) is 2.81. The van der Waals surface area contributed by atoms with Crippen LogP contribution >= 0.6 is 0 Å². The summed E-state index contributed by atoms with van der Waals surface area (Å²) in [6, 6.07) is 0. The first-order valence-electron chi connectivity index (χ1n) is 7.03. The van der Waals surface area contributed by atoms with Gasteiger partial charge in [-0.1, -0.05) is 17.4 Å². The molecule has 1 aromatic rings. The Morgan fingerprint density at radius 2 is 1.95 bits per heavy atom. The predicted octanol–water partition coefficient (Wildman–Crippen LogP) is 1.84. The summed E-state index contributed by atoms with van der Waals surface area (Å²) in [6.45, 7) is 18.2. The molecule has 0 bridgehead atoms. The molecule has 5 nitrogen and oxygen atoms in total. The SMILES string of the molecule is C=CCN(CC=C)CCn1cc(CNC(C)(C)C)nn1. The zero-order valence-electron chi connectivity index (χ0n) is 13.0. The lowest BCUT2D eigenvalue weighted by atomic mass is 10.1. The maximum atomic E-state index is 4.18. The molecule has 0 saturated carbocycles. The van der Waals surface area contributed by atoms with Gasteiger partial charge in [0, 0.05) is 37.9 Å². The van der Waals surface area contributed by atoms with Crippen molar-refractivity contribution in [3.8, 4) is 0 Å². The van der Waals surface area contributed by atoms with Gasteiger partial charge in [-0.3, -0.25) is 9.58 Å². The molecule has 20 heavy (non-hydrogen) atoms. The van der Waals surface area contributed by atoms with Crippen molar-refractivity contribution in [2.24, 2.45) is 0 Å². The fraction of sp³-hybridized carbons (Fsp3) is 0.600. The molecule has 0 radical (unpaired) electrons. The summed E-state index contributed by atoms with van der Waals surface area (Å²) in [5, 5.41) is 11.7. The molecule has 0 aliphatic rings. The van der Waals surface area contributed by atoms with E-state index in [0.717, 1.165) is 38.4 Å². The number of hydrogen-bond acceptors (Lipinski definition) is 4. The summed E-state index contributed by atoms with van der Waals surface area (Å²) >= 11 is 0. The zero-order valence-corrected chi connectivity index (χ0v) is 13.0. The predicted molar refractivity (Wildman–Crippen MR) is 83.4 cm³/mol. The van der Waals surface area contributed by atoms with Crippen LogP contribution < -0.4 is 5.32 Å². The number of hydrogen-bond donors (Lipinski definition) is 1. The first-order chi connectivity index (χ1) is 9.44. The van der Waals surface area contributed by atoms with Crippen LogP contribution in [0.4, 0.5) is 0 Å². The van der Waals surface area contributed by atoms with Crippen molar-refractivity contribution >= 4 is 0 Å². The molecule has 5 heteroatoms. The lowest BCUT2D eigenvalue weighted by Gasteiger charge is -2.19. The van der Waals surface area contributed by atoms with Crippen LogP contribution in [0.15, 0.2) is 31.5 Å². The molecule has 1 N–H and O–H groups in total. The Labute approximate surface area is 122 Å². The van der Waals surface area contributed by atoms with Crippen molar-refractivity contribution < 1.29 is 0 Å². The van der Waals surface area contributed by atoms with Gasteiger partial charge < -0.3 is 5.32 Å². The van der Waals surface area contributed by atoms with Crippen molar-refractivity contribution in [3.05, 3.63) is 37.2 Å². The summed E-state index contributed by atoms with van der Waals surface area (Å²) in [5.74, 6) is 0. The second-order valence-electron chi connectivity index (χ2n) is 5.91. The topological polar surface area (TPSA) is 46.0 Å². The lowest BCUT2D eigenvalue weighted by Crippen LogP contribution is -2.35. The van der Waals surface area contributed by atoms with Crippen molar-refractivity contribution in [2.75, 3.05) is 19.6 Å². The van der Waals surface area contributed by atoms with Crippen molar-refractivity contribution in [1.82, 2.24) is 25.2 Å². The van der Waals surface area contributed by atoms with Gasteiger partial charge in [-0.25, -0.2) is 0 Å². The highest BCUT2D eigenvalue weighted by Gasteiger charge is 2.10. The van der Waals surface area contributed by atoms with Crippen molar-refractivity contribution in [3.63, 3.8) is 0 Å². The minimum Gasteiger partial charge on any atom is -0.306 e. The van der Waals surface area contributed by atoms with E-state index in [9.17, 15) is 0 Å². The Bertz CT molecular complexity index is 406. The van der Waals surface area contributed by atoms with Crippen LogP contribution in [0.5, 0.6) is 0 Å². The van der Waals surface area contributed by atoms with Gasteiger partial charge in [0.2, 0.25) is 0 Å². The van der Waals surface area contributed by atoms with E-state index in [1.54, 1.807) is 0 Å². The molecule has 0 amide bonds. The van der Waals surface area contributed by atoms with Gasteiger partial charge in [0.1, 0.15) is 0 Å². The van der Waals surface area contributed by atoms with E-state index in [4.69, 9.17) is 0 Å². The van der Waals surface area contributed by atoms with Crippen LogP contribution in [0.2, 0.25) is 0 Å². The first-order valence-corrected chi connectivity index (χ1v) is 7.03. The minimum absolute atomic E-state index is 0.0918. The third-order valence-electron chi connectivity index (χ3n) is 2.81. The molecule has 112 valence electrons. The number of nitrogens with one attached hydrogen (secondary N) is 1. The Hall–Kier alpha value is -1.46. The molecule has 1 aromatic heterocycles. The van der Waals surface area contributed by atoms with Gasteiger partial charge in [0.15, 0.2) is 0 Å². The molecule has 0 saturated heterocycles. The second kappa shape index (κ2) is 7.97. The number of nitrogens with zero attached hydrogens (tertiary/aromatic N) is 4. The van der Waals surface area contributed by atoms with Gasteiger partial charge in [-0.15, -0.1) is 18.3 Å². The number of rotatable bonds is 9. The highest BCUT2D eigenvalue weighted by Crippen LogP contribution is 2.02. The molecule has 0 aromatic carbocycles. The molecular formula is C15H27N5. The van der Waals surface area contributed by atoms with Gasteiger partial charge in [-0.05, 0) is 20.8 Å². The smallest absolute Gasteiger partial charge is 0.0965 e. The van der Waals surface area contributed by atoms with Gasteiger partial charge in [-0.2, -0.15) is 0 Å². The first kappa shape index (κ1) is 16.6. The molecule has 0 atom stereocenters. The van der Waals surface area contributed by atoms with Crippen LogP contribution in [-0.4, -0.2) is 45.1 Å². The highest BCUT2D eigenvalue weighted by molar-refractivity contribution is 4.93. The molecule has 0 unspecified atom stereocenters. The molecule has 0 fully saturated rings. The Morgan fingerprint density at radius 3 is 2.50 bits per heavy atom. The van der Waals surface area contributed by atoms with Crippen molar-refractivity contribution in [1.29, 1.82) is 0 Å². The van der Waals surface area contributed by atoms with Crippen LogP contribution in [0.3, 0.4) is 0 Å². The van der Waals surface area contributed by atoms with E-state index in [0.29, 0.717) is 0 Å².